The first-order chi connectivity index (χ1) is 21.3. The number of amides is 2. The summed E-state index contributed by atoms with van der Waals surface area (Å²) in [6.45, 7) is 4.48. The van der Waals surface area contributed by atoms with Gasteiger partial charge in [-0.3, -0.25) is 19.3 Å². The molecule has 7 nitrogen and oxygen atoms in total. The van der Waals surface area contributed by atoms with Gasteiger partial charge in [0, 0.05) is 16.0 Å². The number of imide groups is 1. The highest BCUT2D eigenvalue weighted by atomic mass is 32.2. The van der Waals surface area contributed by atoms with Gasteiger partial charge in [0.1, 0.15) is 6.61 Å². The lowest BCUT2D eigenvalue weighted by molar-refractivity contribution is -0.123. The number of H-pyrrole nitrogens is 1. The molecule has 2 amide bonds. The number of fused-ring (bicyclic) bond motifs is 9. The van der Waals surface area contributed by atoms with Crippen LogP contribution in [0.2, 0.25) is 0 Å². The fourth-order valence-electron chi connectivity index (χ4n) is 8.18. The summed E-state index contributed by atoms with van der Waals surface area (Å²) >= 11 is 2.95. The molecule has 4 aromatic rings. The Morgan fingerprint density at radius 2 is 1.55 bits per heavy atom. The van der Waals surface area contributed by atoms with Gasteiger partial charge >= 0.3 is 4.87 Å². The fourth-order valence-corrected chi connectivity index (χ4v) is 11.1. The lowest BCUT2D eigenvalue weighted by Crippen LogP contribution is -2.42. The quantitative estimate of drug-likeness (QED) is 0.253. The van der Waals surface area contributed by atoms with E-state index in [4.69, 9.17) is 9.47 Å². The Morgan fingerprint density at radius 1 is 0.864 bits per heavy atom. The summed E-state index contributed by atoms with van der Waals surface area (Å²) in [5, 5.41) is 1.02. The van der Waals surface area contributed by atoms with Crippen molar-refractivity contribution in [3.05, 3.63) is 104 Å². The van der Waals surface area contributed by atoms with Crippen LogP contribution < -0.4 is 19.2 Å². The molecular weight excluding hydrogens is 593 g/mol. The van der Waals surface area contributed by atoms with E-state index in [1.807, 2.05) is 43.3 Å². The Labute approximate surface area is 263 Å². The number of thiazole rings is 1. The highest BCUT2D eigenvalue weighted by molar-refractivity contribution is 8.00. The largest absolute Gasteiger partial charge is 0.493 e. The van der Waals surface area contributed by atoms with Gasteiger partial charge in [0.05, 0.1) is 29.7 Å². The fraction of sp³-hybridized carbons (Fsp3) is 0.343. The molecule has 224 valence electrons. The lowest BCUT2D eigenvalue weighted by Gasteiger charge is -2.43. The highest BCUT2D eigenvalue weighted by Crippen LogP contribution is 2.68. The van der Waals surface area contributed by atoms with Crippen molar-refractivity contribution in [2.75, 3.05) is 12.0 Å². The maximum Gasteiger partial charge on any atom is 0.305 e. The first-order valence-corrected chi connectivity index (χ1v) is 16.7. The molecule has 2 aliphatic heterocycles. The number of thioether (sulfide) groups is 1. The first kappa shape index (κ1) is 27.7. The van der Waals surface area contributed by atoms with Crippen LogP contribution in [0.15, 0.2) is 76.6 Å². The third-order valence-electron chi connectivity index (χ3n) is 10.1. The van der Waals surface area contributed by atoms with Crippen LogP contribution in [-0.2, 0) is 16.2 Å². The van der Waals surface area contributed by atoms with Crippen LogP contribution in [0, 0.1) is 43.4 Å². The number of ether oxygens (including phenoxy) is 2. The Balaban J connectivity index is 1.14. The van der Waals surface area contributed by atoms with E-state index in [9.17, 15) is 14.4 Å². The van der Waals surface area contributed by atoms with E-state index in [0.717, 1.165) is 33.0 Å². The normalized spacial score (nSPS) is 28.2. The standard InChI is InChI=1S/C35H32N2O5S2/c1-17-4-8-19(9-5-17)16-42-24-13-10-20(14-25(24)41-3)26-27-22-15-23(30(27)43-32-31(26)44-35(40)36-32)29-28(22)33(38)37(34(29)39)21-11-6-18(2)7-12-21/h4-14,22-23,26-30H,15-16H2,1-3H3,(H,36,40)/t22-,23-,26?,27?,28?,29?,30?/m1/s1. The van der Waals surface area contributed by atoms with E-state index in [2.05, 4.69) is 42.2 Å². The average molecular weight is 625 g/mol. The zero-order valence-electron chi connectivity index (χ0n) is 24.6. The number of aromatic amines is 1. The molecule has 2 bridgehead atoms. The summed E-state index contributed by atoms with van der Waals surface area (Å²) in [6.07, 6.45) is 0.849. The lowest BCUT2D eigenvalue weighted by atomic mass is 9.68. The number of methoxy groups -OCH3 is 1. The van der Waals surface area contributed by atoms with Crippen molar-refractivity contribution >= 4 is 40.6 Å². The van der Waals surface area contributed by atoms with E-state index in [-0.39, 0.29) is 57.4 Å². The van der Waals surface area contributed by atoms with Crippen LogP contribution in [0.1, 0.15) is 39.5 Å². The third-order valence-corrected chi connectivity index (χ3v) is 12.7. The molecule has 1 N–H and O–H groups in total. The molecule has 2 saturated carbocycles. The Bertz CT molecular complexity index is 1850. The van der Waals surface area contributed by atoms with Gasteiger partial charge in [-0.05, 0) is 73.4 Å². The maximum absolute atomic E-state index is 14.0. The van der Waals surface area contributed by atoms with Crippen LogP contribution in [-0.4, -0.2) is 29.2 Å². The molecule has 3 heterocycles. The topological polar surface area (TPSA) is 88.7 Å². The summed E-state index contributed by atoms with van der Waals surface area (Å²) in [7, 11) is 1.64. The van der Waals surface area contributed by atoms with Crippen molar-refractivity contribution in [2.45, 2.75) is 43.1 Å². The minimum Gasteiger partial charge on any atom is -0.493 e. The van der Waals surface area contributed by atoms with Gasteiger partial charge in [-0.1, -0.05) is 64.9 Å². The second-order valence-electron chi connectivity index (χ2n) is 12.5. The van der Waals surface area contributed by atoms with Crippen molar-refractivity contribution in [2.24, 2.45) is 29.6 Å². The molecule has 44 heavy (non-hydrogen) atoms. The molecule has 5 unspecified atom stereocenters. The average Bonchev–Trinajstić information content (AvgIpc) is 3.76. The molecule has 7 atom stereocenters. The number of rotatable bonds is 6. The van der Waals surface area contributed by atoms with Crippen LogP contribution in [0.5, 0.6) is 11.5 Å². The Kier molecular flexibility index (Phi) is 6.54. The van der Waals surface area contributed by atoms with Crippen molar-refractivity contribution in [3.8, 4) is 11.5 Å². The molecule has 4 aliphatic rings. The Hall–Kier alpha value is -3.82. The number of carbonyl (C=O) groups excluding carboxylic acids is 2. The van der Waals surface area contributed by atoms with E-state index in [0.29, 0.717) is 23.8 Å². The van der Waals surface area contributed by atoms with Crippen LogP contribution in [0.3, 0.4) is 0 Å². The number of anilines is 1. The van der Waals surface area contributed by atoms with Crippen LogP contribution in [0.4, 0.5) is 5.69 Å². The van der Waals surface area contributed by atoms with Crippen LogP contribution in [0.25, 0.3) is 0 Å². The number of hydrogen-bond acceptors (Lipinski definition) is 7. The van der Waals surface area contributed by atoms with Crippen molar-refractivity contribution in [1.29, 1.82) is 0 Å². The molecule has 1 saturated heterocycles. The minimum absolute atomic E-state index is 0.0493. The zero-order chi connectivity index (χ0) is 30.3. The number of aryl methyl sites for hydroxylation is 2. The molecule has 8 rings (SSSR count). The molecule has 3 fully saturated rings. The second kappa shape index (κ2) is 10.4. The first-order valence-electron chi connectivity index (χ1n) is 15.0. The predicted molar refractivity (Wildman–Crippen MR) is 171 cm³/mol. The third kappa shape index (κ3) is 4.19. The molecule has 0 radical (unpaired) electrons. The van der Waals surface area contributed by atoms with E-state index in [1.54, 1.807) is 18.9 Å². The zero-order valence-corrected chi connectivity index (χ0v) is 26.2. The highest BCUT2D eigenvalue weighted by Gasteiger charge is 2.69. The van der Waals surface area contributed by atoms with Gasteiger partial charge in [0.15, 0.2) is 11.5 Å². The number of carbonyl (C=O) groups is 2. The van der Waals surface area contributed by atoms with Gasteiger partial charge in [0.25, 0.3) is 0 Å². The SMILES string of the molecule is COc1cc(C2c3sc(=O)[nH]c3SC3C2[C@H]2C[C@@H]3C3C(=O)N(c4ccc(C)cc4)C(=O)C32)ccc1OCc1ccc(C)cc1. The van der Waals surface area contributed by atoms with Crippen molar-refractivity contribution in [3.63, 3.8) is 0 Å². The van der Waals surface area contributed by atoms with Gasteiger partial charge in [-0.15, -0.1) is 11.8 Å². The number of hydrogen-bond donors (Lipinski definition) is 1. The monoisotopic (exact) mass is 624 g/mol. The number of benzene rings is 3. The number of aromatic nitrogens is 1. The van der Waals surface area contributed by atoms with E-state index < -0.39 is 0 Å². The predicted octanol–water partition coefficient (Wildman–Crippen LogP) is 6.32. The van der Waals surface area contributed by atoms with Gasteiger partial charge in [0.2, 0.25) is 11.8 Å². The molecule has 2 aliphatic carbocycles. The van der Waals surface area contributed by atoms with E-state index >= 15 is 0 Å². The van der Waals surface area contributed by atoms with E-state index in [1.165, 1.54) is 21.8 Å². The van der Waals surface area contributed by atoms with Crippen molar-refractivity contribution < 1.29 is 19.1 Å². The molecule has 0 spiro atoms. The molecular formula is C35H32N2O5S2. The molecule has 3 aromatic carbocycles. The second-order valence-corrected chi connectivity index (χ2v) is 14.7. The van der Waals surface area contributed by atoms with Crippen molar-refractivity contribution in [1.82, 2.24) is 4.98 Å². The maximum atomic E-state index is 14.0. The van der Waals surface area contributed by atoms with Gasteiger partial charge in [-0.25, -0.2) is 0 Å². The molecule has 1 aromatic heterocycles. The smallest absolute Gasteiger partial charge is 0.305 e. The summed E-state index contributed by atoms with van der Waals surface area (Å²) in [5.74, 6) is 0.621. The summed E-state index contributed by atoms with van der Waals surface area (Å²) < 4.78 is 12.0. The summed E-state index contributed by atoms with van der Waals surface area (Å²) in [6, 6.07) is 21.9. The number of nitrogens with zero attached hydrogens (tertiary/aromatic N) is 1. The summed E-state index contributed by atoms with van der Waals surface area (Å²) in [4.78, 5) is 46.0. The van der Waals surface area contributed by atoms with Crippen LogP contribution >= 0.6 is 23.1 Å². The minimum atomic E-state index is -0.339. The summed E-state index contributed by atoms with van der Waals surface area (Å²) in [5.41, 5.74) is 5.04. The van der Waals surface area contributed by atoms with Gasteiger partial charge in [-0.2, -0.15) is 0 Å². The molecule has 9 heteroatoms. The Morgan fingerprint density at radius 3 is 2.25 bits per heavy atom. The number of nitrogens with one attached hydrogen (secondary N) is 1. The van der Waals surface area contributed by atoms with Gasteiger partial charge < -0.3 is 14.5 Å².